The molecule has 15 heavy (non-hydrogen) atoms. The zero-order valence-corrected chi connectivity index (χ0v) is 9.64. The number of rotatable bonds is 2. The molecule has 0 radical (unpaired) electrons. The maximum absolute atomic E-state index is 13.3. The number of nitriles is 1. The van der Waals surface area contributed by atoms with Gasteiger partial charge in [-0.15, -0.1) is 0 Å². The Bertz CT molecular complexity index is 437. The lowest BCUT2D eigenvalue weighted by Gasteiger charge is -1.97. The Labute approximate surface area is 97.0 Å². The third kappa shape index (κ3) is 3.73. The van der Waals surface area contributed by atoms with E-state index < -0.39 is 0 Å². The summed E-state index contributed by atoms with van der Waals surface area (Å²) in [4.78, 5) is 0. The monoisotopic (exact) mass is 265 g/mol. The first kappa shape index (κ1) is 11.8. The number of benzene rings is 1. The van der Waals surface area contributed by atoms with Gasteiger partial charge in [-0.3, -0.25) is 0 Å². The van der Waals surface area contributed by atoms with Crippen LogP contribution in [0.2, 0.25) is 0 Å². The third-order valence-electron chi connectivity index (χ3n) is 1.77. The van der Waals surface area contributed by atoms with Crippen molar-refractivity contribution in [2.45, 2.75) is 12.8 Å². The third-order valence-corrected chi connectivity index (χ3v) is 2.17. The van der Waals surface area contributed by atoms with Crippen LogP contribution in [0.3, 0.4) is 0 Å². The van der Waals surface area contributed by atoms with E-state index in [9.17, 15) is 4.39 Å². The van der Waals surface area contributed by atoms with Crippen molar-refractivity contribution in [3.8, 4) is 17.9 Å². The zero-order chi connectivity index (χ0) is 11.1. The van der Waals surface area contributed by atoms with Crippen LogP contribution in [-0.2, 0) is 6.42 Å². The molecule has 0 spiro atoms. The fourth-order valence-electron chi connectivity index (χ4n) is 1.07. The van der Waals surface area contributed by atoms with Crippen molar-refractivity contribution in [1.29, 1.82) is 5.26 Å². The average Bonchev–Trinajstić information content (AvgIpc) is 2.23. The summed E-state index contributed by atoms with van der Waals surface area (Å²) in [6.07, 6.45) is 0.836. The largest absolute Gasteiger partial charge is 0.207 e. The van der Waals surface area contributed by atoms with Crippen LogP contribution in [0.4, 0.5) is 4.39 Å². The molecule has 0 saturated heterocycles. The maximum Gasteiger partial charge on any atom is 0.128 e. The van der Waals surface area contributed by atoms with Crippen molar-refractivity contribution in [3.63, 3.8) is 0 Å². The molecule has 0 aliphatic rings. The number of halogens is 2. The number of hydrogen-bond acceptors (Lipinski definition) is 1. The highest BCUT2D eigenvalue weighted by Crippen LogP contribution is 2.10. The molecule has 0 heterocycles. The lowest BCUT2D eigenvalue weighted by molar-refractivity contribution is 0.615. The van der Waals surface area contributed by atoms with Crippen LogP contribution in [0.15, 0.2) is 18.2 Å². The van der Waals surface area contributed by atoms with Crippen LogP contribution in [-0.4, -0.2) is 5.33 Å². The molecule has 0 unspecified atom stereocenters. The Hall–Kier alpha value is -1.32. The molecule has 0 aromatic heterocycles. The molecular weight excluding hydrogens is 257 g/mol. The van der Waals surface area contributed by atoms with Crippen molar-refractivity contribution >= 4 is 15.9 Å². The summed E-state index contributed by atoms with van der Waals surface area (Å²) in [5, 5.41) is 9.25. The normalized spacial score (nSPS) is 8.87. The van der Waals surface area contributed by atoms with E-state index in [1.54, 1.807) is 12.1 Å². The smallest absolute Gasteiger partial charge is 0.128 e. The van der Waals surface area contributed by atoms with Gasteiger partial charge in [-0.05, 0) is 12.1 Å². The lowest BCUT2D eigenvalue weighted by atomic mass is 10.1. The van der Waals surface area contributed by atoms with Gasteiger partial charge in [-0.25, -0.2) is 4.39 Å². The predicted molar refractivity (Wildman–Crippen MR) is 61.0 cm³/mol. The summed E-state index contributed by atoms with van der Waals surface area (Å²) in [6, 6.07) is 6.62. The average molecular weight is 266 g/mol. The van der Waals surface area contributed by atoms with Crippen molar-refractivity contribution in [2.75, 3.05) is 5.33 Å². The van der Waals surface area contributed by atoms with Gasteiger partial charge in [-0.2, -0.15) is 5.26 Å². The SMILES string of the molecule is N#CCc1ccc(C#CCCBr)cc1F. The molecule has 1 rings (SSSR count). The van der Waals surface area contributed by atoms with Gasteiger partial charge in [0.1, 0.15) is 5.82 Å². The summed E-state index contributed by atoms with van der Waals surface area (Å²) in [7, 11) is 0. The lowest BCUT2D eigenvalue weighted by Crippen LogP contribution is -1.89. The molecule has 76 valence electrons. The van der Waals surface area contributed by atoms with Crippen LogP contribution >= 0.6 is 15.9 Å². The fourth-order valence-corrected chi connectivity index (χ4v) is 1.26. The van der Waals surface area contributed by atoms with E-state index in [0.29, 0.717) is 11.1 Å². The minimum atomic E-state index is -0.359. The summed E-state index contributed by atoms with van der Waals surface area (Å²) in [6.45, 7) is 0. The summed E-state index contributed by atoms with van der Waals surface area (Å²) >= 11 is 3.26. The maximum atomic E-state index is 13.3. The number of alkyl halides is 1. The van der Waals surface area contributed by atoms with E-state index in [1.165, 1.54) is 6.07 Å². The molecular formula is C12H9BrFN. The Morgan fingerprint density at radius 2 is 2.20 bits per heavy atom. The second kappa shape index (κ2) is 6.22. The Balaban J connectivity index is 2.84. The van der Waals surface area contributed by atoms with Gasteiger partial charge in [0.2, 0.25) is 0 Å². The van der Waals surface area contributed by atoms with Crippen LogP contribution in [0.5, 0.6) is 0 Å². The summed E-state index contributed by atoms with van der Waals surface area (Å²) in [5.74, 6) is 5.40. The fraction of sp³-hybridized carbons (Fsp3) is 0.250. The molecule has 0 amide bonds. The van der Waals surface area contributed by atoms with Gasteiger partial charge in [0.15, 0.2) is 0 Å². The molecule has 0 aliphatic carbocycles. The molecule has 0 bridgehead atoms. The zero-order valence-electron chi connectivity index (χ0n) is 8.06. The Morgan fingerprint density at radius 3 is 2.80 bits per heavy atom. The highest BCUT2D eigenvalue weighted by molar-refractivity contribution is 9.09. The first-order valence-corrected chi connectivity index (χ1v) is 5.60. The first-order valence-electron chi connectivity index (χ1n) is 4.48. The summed E-state index contributed by atoms with van der Waals surface area (Å²) in [5.41, 5.74) is 1.07. The van der Waals surface area contributed by atoms with Gasteiger partial charge in [0.25, 0.3) is 0 Å². The van der Waals surface area contributed by atoms with E-state index in [0.717, 1.165) is 11.8 Å². The van der Waals surface area contributed by atoms with Gasteiger partial charge >= 0.3 is 0 Å². The molecule has 1 aromatic carbocycles. The van der Waals surface area contributed by atoms with E-state index in [-0.39, 0.29) is 12.2 Å². The quantitative estimate of drug-likeness (QED) is 0.596. The van der Waals surface area contributed by atoms with Gasteiger partial charge < -0.3 is 0 Å². The van der Waals surface area contributed by atoms with Crippen molar-refractivity contribution in [1.82, 2.24) is 0 Å². The van der Waals surface area contributed by atoms with Crippen molar-refractivity contribution < 1.29 is 4.39 Å². The van der Waals surface area contributed by atoms with Gasteiger partial charge in [0, 0.05) is 22.9 Å². The van der Waals surface area contributed by atoms with Crippen LogP contribution in [0.25, 0.3) is 0 Å². The second-order valence-electron chi connectivity index (χ2n) is 2.88. The first-order chi connectivity index (χ1) is 7.27. The predicted octanol–water partition coefficient (Wildman–Crippen LogP) is 3.03. The second-order valence-corrected chi connectivity index (χ2v) is 3.67. The van der Waals surface area contributed by atoms with E-state index in [2.05, 4.69) is 27.8 Å². The summed E-state index contributed by atoms with van der Waals surface area (Å²) < 4.78 is 13.3. The number of nitrogens with zero attached hydrogens (tertiary/aromatic N) is 1. The molecule has 0 fully saturated rings. The molecule has 0 N–H and O–H groups in total. The van der Waals surface area contributed by atoms with Crippen molar-refractivity contribution in [3.05, 3.63) is 35.1 Å². The molecule has 3 heteroatoms. The van der Waals surface area contributed by atoms with Crippen LogP contribution in [0, 0.1) is 29.0 Å². The highest BCUT2D eigenvalue weighted by atomic mass is 79.9. The van der Waals surface area contributed by atoms with E-state index >= 15 is 0 Å². The van der Waals surface area contributed by atoms with E-state index in [1.807, 2.05) is 6.07 Å². The van der Waals surface area contributed by atoms with Crippen molar-refractivity contribution in [2.24, 2.45) is 0 Å². The number of hydrogen-bond donors (Lipinski definition) is 0. The molecule has 0 aliphatic heterocycles. The minimum absolute atomic E-state index is 0.0982. The molecule has 1 nitrogen and oxygen atoms in total. The Kier molecular flexibility index (Phi) is 4.87. The van der Waals surface area contributed by atoms with Crippen LogP contribution in [0.1, 0.15) is 17.5 Å². The van der Waals surface area contributed by atoms with Gasteiger partial charge in [-0.1, -0.05) is 33.8 Å². The van der Waals surface area contributed by atoms with Gasteiger partial charge in [0.05, 0.1) is 12.5 Å². The Morgan fingerprint density at radius 1 is 1.40 bits per heavy atom. The minimum Gasteiger partial charge on any atom is -0.207 e. The van der Waals surface area contributed by atoms with Crippen LogP contribution < -0.4 is 0 Å². The molecule has 0 saturated carbocycles. The van der Waals surface area contributed by atoms with E-state index in [4.69, 9.17) is 5.26 Å². The highest BCUT2D eigenvalue weighted by Gasteiger charge is 2.01. The molecule has 1 aromatic rings. The topological polar surface area (TPSA) is 23.8 Å². The standard InChI is InChI=1S/C12H9BrFN/c13-7-2-1-3-10-4-5-11(6-8-15)12(14)9-10/h4-5,9H,2,6-7H2. The molecule has 0 atom stereocenters.